The molecule has 0 spiro atoms. The molecule has 2 aromatic rings. The molecule has 0 aromatic heterocycles. The molecule has 1 atom stereocenters. The Labute approximate surface area is 157 Å². The van der Waals surface area contributed by atoms with E-state index in [0.717, 1.165) is 0 Å². The largest absolute Gasteiger partial charge is 0.325 e. The third kappa shape index (κ3) is 5.59. The molecule has 7 heteroatoms. The molecule has 2 amide bonds. The first-order valence-corrected chi connectivity index (χ1v) is 8.33. The van der Waals surface area contributed by atoms with Crippen molar-refractivity contribution in [3.05, 3.63) is 59.1 Å². The molecule has 2 N–H and O–H groups in total. The van der Waals surface area contributed by atoms with E-state index >= 15 is 0 Å². The smallest absolute Gasteiger partial charge is 0.241 e. The van der Waals surface area contributed by atoms with E-state index in [4.69, 9.17) is 16.9 Å². The number of hydrogen-bond donors (Lipinski definition) is 2. The summed E-state index contributed by atoms with van der Waals surface area (Å²) in [7, 11) is 1.70. The lowest BCUT2D eigenvalue weighted by Gasteiger charge is -2.23. The molecule has 0 aliphatic rings. The number of amides is 2. The highest BCUT2D eigenvalue weighted by atomic mass is 35.5. The molecule has 2 rings (SSSR count). The van der Waals surface area contributed by atoms with Gasteiger partial charge >= 0.3 is 0 Å². The van der Waals surface area contributed by atoms with Crippen LogP contribution in [0.1, 0.15) is 12.5 Å². The molecule has 0 saturated heterocycles. The summed E-state index contributed by atoms with van der Waals surface area (Å²) in [5.41, 5.74) is 1.76. The molecule has 6 nitrogen and oxygen atoms in total. The van der Waals surface area contributed by atoms with Gasteiger partial charge in [-0.3, -0.25) is 14.5 Å². The number of carbonyl (C=O) groups excluding carboxylic acids is 2. The maximum Gasteiger partial charge on any atom is 0.241 e. The predicted molar refractivity (Wildman–Crippen MR) is 102 cm³/mol. The van der Waals surface area contributed by atoms with Crippen LogP contribution in [-0.4, -0.2) is 36.3 Å². The van der Waals surface area contributed by atoms with E-state index in [0.29, 0.717) is 22.0 Å². The Morgan fingerprint density at radius 3 is 2.19 bits per heavy atom. The summed E-state index contributed by atoms with van der Waals surface area (Å²) >= 11 is 5.81. The molecule has 0 unspecified atom stereocenters. The second kappa shape index (κ2) is 8.99. The molecule has 0 aliphatic heterocycles. The fourth-order valence-electron chi connectivity index (χ4n) is 2.17. The Morgan fingerprint density at radius 2 is 1.62 bits per heavy atom. The second-order valence-corrected chi connectivity index (χ2v) is 6.26. The van der Waals surface area contributed by atoms with Gasteiger partial charge in [0.2, 0.25) is 11.8 Å². The zero-order chi connectivity index (χ0) is 19.1. The van der Waals surface area contributed by atoms with Crippen molar-refractivity contribution >= 4 is 34.8 Å². The van der Waals surface area contributed by atoms with Crippen molar-refractivity contribution in [2.24, 2.45) is 0 Å². The predicted octanol–water partition coefficient (Wildman–Crippen LogP) is 3.11. The highest BCUT2D eigenvalue weighted by Gasteiger charge is 2.20. The number of nitrogens with zero attached hydrogens (tertiary/aromatic N) is 2. The Bertz CT molecular complexity index is 813. The van der Waals surface area contributed by atoms with Gasteiger partial charge in [-0.2, -0.15) is 5.26 Å². The molecule has 0 aliphatic carbocycles. The number of halogens is 1. The van der Waals surface area contributed by atoms with Crippen LogP contribution in [0.2, 0.25) is 5.02 Å². The summed E-state index contributed by atoms with van der Waals surface area (Å²) < 4.78 is 0. The Hall–Kier alpha value is -2.88. The first-order valence-electron chi connectivity index (χ1n) is 7.95. The fourth-order valence-corrected chi connectivity index (χ4v) is 2.30. The van der Waals surface area contributed by atoms with Crippen LogP contribution in [0, 0.1) is 11.3 Å². The molecule has 134 valence electrons. The Balaban J connectivity index is 1.87. The molecule has 0 fully saturated rings. The highest BCUT2D eigenvalue weighted by Crippen LogP contribution is 2.14. The summed E-state index contributed by atoms with van der Waals surface area (Å²) in [4.78, 5) is 26.1. The molecule has 26 heavy (non-hydrogen) atoms. The van der Waals surface area contributed by atoms with Crippen LogP contribution in [0.25, 0.3) is 0 Å². The van der Waals surface area contributed by atoms with Crippen molar-refractivity contribution in [1.82, 2.24) is 4.90 Å². The first-order chi connectivity index (χ1) is 12.4. The van der Waals surface area contributed by atoms with Crippen molar-refractivity contribution in [2.75, 3.05) is 24.2 Å². The summed E-state index contributed by atoms with van der Waals surface area (Å²) in [5.74, 6) is -0.468. The van der Waals surface area contributed by atoms with E-state index in [9.17, 15) is 9.59 Å². The van der Waals surface area contributed by atoms with Crippen LogP contribution in [0.3, 0.4) is 0 Å². The fraction of sp³-hybridized carbons (Fsp3) is 0.211. The number of nitrogens with one attached hydrogen (secondary N) is 2. The number of hydrogen-bond acceptors (Lipinski definition) is 4. The van der Waals surface area contributed by atoms with Crippen molar-refractivity contribution < 1.29 is 9.59 Å². The van der Waals surface area contributed by atoms with E-state index in [1.807, 2.05) is 6.07 Å². The van der Waals surface area contributed by atoms with Crippen molar-refractivity contribution in [1.29, 1.82) is 5.26 Å². The number of rotatable bonds is 6. The molecular weight excluding hydrogens is 352 g/mol. The topological polar surface area (TPSA) is 85.2 Å². The van der Waals surface area contributed by atoms with Crippen molar-refractivity contribution in [3.8, 4) is 6.07 Å². The number of carbonyl (C=O) groups is 2. The van der Waals surface area contributed by atoms with Gasteiger partial charge in [0.25, 0.3) is 0 Å². The Kier molecular flexibility index (Phi) is 6.73. The average molecular weight is 371 g/mol. The van der Waals surface area contributed by atoms with Gasteiger partial charge in [-0.25, -0.2) is 0 Å². The van der Waals surface area contributed by atoms with Gasteiger partial charge in [0.05, 0.1) is 24.2 Å². The summed E-state index contributed by atoms with van der Waals surface area (Å²) in [6.45, 7) is 1.78. The third-order valence-corrected chi connectivity index (χ3v) is 4.10. The molecule has 0 radical (unpaired) electrons. The maximum atomic E-state index is 12.3. The SMILES string of the molecule is C[C@@H](C(=O)Nc1ccc(C#N)cc1)N(C)CC(=O)Nc1ccc(Cl)cc1. The molecule has 0 heterocycles. The van der Waals surface area contributed by atoms with Gasteiger partial charge < -0.3 is 10.6 Å². The van der Waals surface area contributed by atoms with Crippen molar-refractivity contribution in [2.45, 2.75) is 13.0 Å². The maximum absolute atomic E-state index is 12.3. The normalized spacial score (nSPS) is 11.5. The Morgan fingerprint density at radius 1 is 1.08 bits per heavy atom. The van der Waals surface area contributed by atoms with Gasteiger partial charge in [0, 0.05) is 16.4 Å². The van der Waals surface area contributed by atoms with Crippen LogP contribution >= 0.6 is 11.6 Å². The van der Waals surface area contributed by atoms with Gasteiger partial charge in [-0.1, -0.05) is 11.6 Å². The monoisotopic (exact) mass is 370 g/mol. The zero-order valence-electron chi connectivity index (χ0n) is 14.5. The van der Waals surface area contributed by atoms with Gasteiger partial charge in [0.1, 0.15) is 0 Å². The van der Waals surface area contributed by atoms with Crippen LogP contribution < -0.4 is 10.6 Å². The van der Waals surface area contributed by atoms with Crippen LogP contribution in [0.15, 0.2) is 48.5 Å². The van der Waals surface area contributed by atoms with Gasteiger partial charge in [-0.15, -0.1) is 0 Å². The second-order valence-electron chi connectivity index (χ2n) is 5.82. The van der Waals surface area contributed by atoms with Crippen LogP contribution in [0.4, 0.5) is 11.4 Å². The number of benzene rings is 2. The minimum Gasteiger partial charge on any atom is -0.325 e. The number of likely N-dealkylation sites (N-methyl/N-ethyl adjacent to an activating group) is 1. The number of nitriles is 1. The van der Waals surface area contributed by atoms with E-state index in [2.05, 4.69) is 10.6 Å². The lowest BCUT2D eigenvalue weighted by Crippen LogP contribution is -2.43. The van der Waals surface area contributed by atoms with Gasteiger partial charge in [0.15, 0.2) is 0 Å². The van der Waals surface area contributed by atoms with E-state index in [-0.39, 0.29) is 18.4 Å². The van der Waals surface area contributed by atoms with E-state index in [1.165, 1.54) is 0 Å². The highest BCUT2D eigenvalue weighted by molar-refractivity contribution is 6.30. The molecule has 0 saturated carbocycles. The first kappa shape index (κ1) is 19.4. The molecule has 0 bridgehead atoms. The third-order valence-electron chi connectivity index (χ3n) is 3.84. The average Bonchev–Trinajstić information content (AvgIpc) is 2.63. The molecular formula is C19H19ClN4O2. The quantitative estimate of drug-likeness (QED) is 0.818. The summed E-state index contributed by atoms with van der Waals surface area (Å²) in [5, 5.41) is 14.9. The minimum atomic E-state index is -0.512. The van der Waals surface area contributed by atoms with Crippen LogP contribution in [-0.2, 0) is 9.59 Å². The van der Waals surface area contributed by atoms with E-state index < -0.39 is 6.04 Å². The lowest BCUT2D eigenvalue weighted by atomic mass is 10.2. The summed E-state index contributed by atoms with van der Waals surface area (Å²) in [6, 6.07) is 14.9. The van der Waals surface area contributed by atoms with Crippen LogP contribution in [0.5, 0.6) is 0 Å². The standard InChI is InChI=1S/C19H19ClN4O2/c1-13(19(26)23-17-7-3-14(11-21)4-8-17)24(2)12-18(25)22-16-9-5-15(20)6-10-16/h3-10,13H,12H2,1-2H3,(H,22,25)(H,23,26)/t13-/m0/s1. The van der Waals surface area contributed by atoms with Gasteiger partial charge in [-0.05, 0) is 62.5 Å². The minimum absolute atomic E-state index is 0.0601. The molecule has 2 aromatic carbocycles. The van der Waals surface area contributed by atoms with E-state index in [1.54, 1.807) is 67.4 Å². The zero-order valence-corrected chi connectivity index (χ0v) is 15.2. The lowest BCUT2D eigenvalue weighted by molar-refractivity contribution is -0.122. The van der Waals surface area contributed by atoms with Crippen molar-refractivity contribution in [3.63, 3.8) is 0 Å². The summed E-state index contributed by atoms with van der Waals surface area (Å²) in [6.07, 6.45) is 0. The number of anilines is 2.